The van der Waals surface area contributed by atoms with Crippen molar-refractivity contribution < 1.29 is 28.5 Å². The first-order valence-electron chi connectivity index (χ1n) is 10.2. The van der Waals surface area contributed by atoms with Crippen LogP contribution < -0.4 is 14.2 Å². The number of hydrogen-bond acceptors (Lipinski definition) is 6. The molecule has 162 valence electrons. The zero-order valence-electron chi connectivity index (χ0n) is 17.7. The van der Waals surface area contributed by atoms with Gasteiger partial charge in [-0.15, -0.1) is 0 Å². The van der Waals surface area contributed by atoms with Crippen LogP contribution in [0.15, 0.2) is 78.6 Å². The Morgan fingerprint density at radius 3 is 2.41 bits per heavy atom. The predicted octanol–water partition coefficient (Wildman–Crippen LogP) is 4.99. The maximum absolute atomic E-state index is 12.7. The minimum atomic E-state index is -0.930. The minimum Gasteiger partial charge on any atom is -0.497 e. The molecule has 0 spiro atoms. The molecule has 0 bridgehead atoms. The molecule has 0 aliphatic carbocycles. The second-order valence-corrected chi connectivity index (χ2v) is 7.03. The number of esters is 1. The molecule has 3 aromatic carbocycles. The van der Waals surface area contributed by atoms with Crippen LogP contribution in [0.5, 0.6) is 17.2 Å². The molecule has 1 heterocycles. The zero-order chi connectivity index (χ0) is 22.5. The summed E-state index contributed by atoms with van der Waals surface area (Å²) in [6, 6.07) is 21.3. The number of carbonyl (C=O) groups excluding carboxylic acids is 2. The van der Waals surface area contributed by atoms with Crippen molar-refractivity contribution >= 4 is 17.8 Å². The number of hydrogen-bond donors (Lipinski definition) is 0. The largest absolute Gasteiger partial charge is 0.497 e. The number of fused-ring (bicyclic) bond motifs is 1. The molecule has 0 N–H and O–H groups in total. The SMILES string of the molecule is CCOC(=O)C(Oc1ccc2c(c1)O/C(=C\c1ccc(OC)cc1)C2=O)c1ccccc1. The van der Waals surface area contributed by atoms with E-state index in [0.717, 1.165) is 11.3 Å². The third-order valence-corrected chi connectivity index (χ3v) is 4.91. The number of carbonyl (C=O) groups is 2. The molecule has 0 saturated carbocycles. The van der Waals surface area contributed by atoms with Gasteiger partial charge < -0.3 is 18.9 Å². The van der Waals surface area contributed by atoms with Gasteiger partial charge in [-0.1, -0.05) is 42.5 Å². The Bertz CT molecular complexity index is 1150. The van der Waals surface area contributed by atoms with Gasteiger partial charge in [0.15, 0.2) is 5.76 Å². The van der Waals surface area contributed by atoms with Crippen molar-refractivity contribution in [3.05, 3.63) is 95.2 Å². The second kappa shape index (κ2) is 9.39. The van der Waals surface area contributed by atoms with Crippen LogP contribution in [0.2, 0.25) is 0 Å². The Morgan fingerprint density at radius 2 is 1.72 bits per heavy atom. The van der Waals surface area contributed by atoms with Crippen molar-refractivity contribution in [3.8, 4) is 17.2 Å². The number of ketones is 1. The monoisotopic (exact) mass is 430 g/mol. The highest BCUT2D eigenvalue weighted by Gasteiger charge is 2.29. The van der Waals surface area contributed by atoms with E-state index in [1.807, 2.05) is 42.5 Å². The molecule has 4 rings (SSSR count). The van der Waals surface area contributed by atoms with Crippen LogP contribution in [0.1, 0.15) is 34.5 Å². The van der Waals surface area contributed by atoms with Crippen LogP contribution in [0, 0.1) is 0 Å². The molecule has 6 nitrogen and oxygen atoms in total. The van der Waals surface area contributed by atoms with Crippen LogP contribution in [0.3, 0.4) is 0 Å². The molecule has 3 aromatic rings. The first-order chi connectivity index (χ1) is 15.6. The summed E-state index contributed by atoms with van der Waals surface area (Å²) >= 11 is 0. The number of Topliss-reactive ketones (excluding diaryl/α,β-unsaturated/α-hetero) is 1. The molecule has 1 aliphatic heterocycles. The highest BCUT2D eigenvalue weighted by Crippen LogP contribution is 2.36. The van der Waals surface area contributed by atoms with Crippen LogP contribution >= 0.6 is 0 Å². The van der Waals surface area contributed by atoms with E-state index in [1.165, 1.54) is 0 Å². The van der Waals surface area contributed by atoms with Crippen molar-refractivity contribution in [1.29, 1.82) is 0 Å². The van der Waals surface area contributed by atoms with Gasteiger partial charge in [0.25, 0.3) is 0 Å². The molecular formula is C26H22O6. The second-order valence-electron chi connectivity index (χ2n) is 7.03. The van der Waals surface area contributed by atoms with Crippen molar-refractivity contribution in [2.75, 3.05) is 13.7 Å². The Hall–Kier alpha value is -4.06. The van der Waals surface area contributed by atoms with E-state index in [0.29, 0.717) is 22.6 Å². The van der Waals surface area contributed by atoms with Crippen molar-refractivity contribution in [1.82, 2.24) is 0 Å². The number of rotatable bonds is 7. The molecule has 0 radical (unpaired) electrons. The molecular weight excluding hydrogens is 408 g/mol. The standard InChI is InChI=1S/C26H22O6/c1-3-30-26(28)25(18-7-5-4-6-8-18)31-20-13-14-21-22(16-20)32-23(24(21)27)15-17-9-11-19(29-2)12-10-17/h4-16,25H,3H2,1-2H3/b23-15-. The van der Waals surface area contributed by atoms with Crippen molar-refractivity contribution in [3.63, 3.8) is 0 Å². The molecule has 1 aliphatic rings. The summed E-state index contributed by atoms with van der Waals surface area (Å²) in [5.41, 5.74) is 1.91. The first kappa shape index (κ1) is 21.2. The first-order valence-corrected chi connectivity index (χ1v) is 10.2. The molecule has 0 aromatic heterocycles. The highest BCUT2D eigenvalue weighted by atomic mass is 16.6. The van der Waals surface area contributed by atoms with E-state index in [1.54, 1.807) is 50.4 Å². The quantitative estimate of drug-likeness (QED) is 0.388. The van der Waals surface area contributed by atoms with E-state index in [-0.39, 0.29) is 18.1 Å². The summed E-state index contributed by atoms with van der Waals surface area (Å²) in [6.45, 7) is 1.98. The summed E-state index contributed by atoms with van der Waals surface area (Å²) in [5, 5.41) is 0. The van der Waals surface area contributed by atoms with Crippen LogP contribution in [0.4, 0.5) is 0 Å². The Labute approximate surface area is 186 Å². The Morgan fingerprint density at radius 1 is 1.00 bits per heavy atom. The molecule has 1 unspecified atom stereocenters. The van der Waals surface area contributed by atoms with Gasteiger partial charge in [-0.3, -0.25) is 4.79 Å². The van der Waals surface area contributed by atoms with Gasteiger partial charge in [-0.05, 0) is 42.8 Å². The smallest absolute Gasteiger partial charge is 0.352 e. The topological polar surface area (TPSA) is 71.1 Å². The average molecular weight is 430 g/mol. The van der Waals surface area contributed by atoms with Crippen molar-refractivity contribution in [2.45, 2.75) is 13.0 Å². The molecule has 0 fully saturated rings. The Balaban J connectivity index is 1.57. The molecule has 32 heavy (non-hydrogen) atoms. The summed E-state index contributed by atoms with van der Waals surface area (Å²) in [5.74, 6) is 1.01. The van der Waals surface area contributed by atoms with Gasteiger partial charge >= 0.3 is 5.97 Å². The van der Waals surface area contributed by atoms with Crippen LogP contribution in [-0.2, 0) is 9.53 Å². The number of ether oxygens (including phenoxy) is 4. The lowest BCUT2D eigenvalue weighted by atomic mass is 10.1. The summed E-state index contributed by atoms with van der Waals surface area (Å²) < 4.78 is 22.1. The van der Waals surface area contributed by atoms with Crippen LogP contribution in [-0.4, -0.2) is 25.5 Å². The predicted molar refractivity (Wildman–Crippen MR) is 119 cm³/mol. The lowest BCUT2D eigenvalue weighted by molar-refractivity contribution is -0.151. The van der Waals surface area contributed by atoms with Gasteiger partial charge in [0.05, 0.1) is 19.3 Å². The van der Waals surface area contributed by atoms with E-state index in [9.17, 15) is 9.59 Å². The normalized spacial score (nSPS) is 14.4. The molecule has 0 amide bonds. The molecule has 0 saturated heterocycles. The zero-order valence-corrected chi connectivity index (χ0v) is 17.7. The fourth-order valence-electron chi connectivity index (χ4n) is 3.33. The van der Waals surface area contributed by atoms with E-state index >= 15 is 0 Å². The van der Waals surface area contributed by atoms with Gasteiger partial charge in [0, 0.05) is 11.6 Å². The third-order valence-electron chi connectivity index (χ3n) is 4.91. The fourth-order valence-corrected chi connectivity index (χ4v) is 3.33. The van der Waals surface area contributed by atoms with Crippen LogP contribution in [0.25, 0.3) is 6.08 Å². The number of benzene rings is 3. The van der Waals surface area contributed by atoms with Gasteiger partial charge in [0.1, 0.15) is 17.2 Å². The van der Waals surface area contributed by atoms with E-state index in [4.69, 9.17) is 18.9 Å². The molecule has 1 atom stereocenters. The van der Waals surface area contributed by atoms with E-state index < -0.39 is 12.1 Å². The van der Waals surface area contributed by atoms with E-state index in [2.05, 4.69) is 0 Å². The van der Waals surface area contributed by atoms with Gasteiger partial charge in [0.2, 0.25) is 11.9 Å². The van der Waals surface area contributed by atoms with Gasteiger partial charge in [-0.25, -0.2) is 4.79 Å². The number of methoxy groups -OCH3 is 1. The third kappa shape index (κ3) is 4.49. The lowest BCUT2D eigenvalue weighted by Crippen LogP contribution is -2.21. The molecule has 6 heteroatoms. The fraction of sp³-hybridized carbons (Fsp3) is 0.154. The summed E-state index contributed by atoms with van der Waals surface area (Å²) in [4.78, 5) is 25.2. The summed E-state index contributed by atoms with van der Waals surface area (Å²) in [6.07, 6.45) is 0.744. The highest BCUT2D eigenvalue weighted by molar-refractivity contribution is 6.14. The summed E-state index contributed by atoms with van der Waals surface area (Å²) in [7, 11) is 1.59. The van der Waals surface area contributed by atoms with Gasteiger partial charge in [-0.2, -0.15) is 0 Å². The lowest BCUT2D eigenvalue weighted by Gasteiger charge is -2.18. The Kier molecular flexibility index (Phi) is 6.22. The maximum Gasteiger partial charge on any atom is 0.352 e. The van der Waals surface area contributed by atoms with Crippen molar-refractivity contribution in [2.24, 2.45) is 0 Å². The maximum atomic E-state index is 12.7. The minimum absolute atomic E-state index is 0.215. The number of allylic oxidation sites excluding steroid dienone is 1. The average Bonchev–Trinajstić information content (AvgIpc) is 3.13.